The summed E-state index contributed by atoms with van der Waals surface area (Å²) < 4.78 is 38.7. The number of halogens is 4. The van der Waals surface area contributed by atoms with Crippen molar-refractivity contribution in [1.29, 1.82) is 5.26 Å². The number of nitrogens with zero attached hydrogens (tertiary/aromatic N) is 3. The molecule has 28 heavy (non-hydrogen) atoms. The molecule has 1 fully saturated rings. The summed E-state index contributed by atoms with van der Waals surface area (Å²) in [6.07, 6.45) is -2.56. The molecule has 0 spiro atoms. The van der Waals surface area contributed by atoms with Crippen molar-refractivity contribution in [2.24, 2.45) is 5.92 Å². The van der Waals surface area contributed by atoms with Crippen molar-refractivity contribution in [3.63, 3.8) is 0 Å². The van der Waals surface area contributed by atoms with Gasteiger partial charge in [0.15, 0.2) is 0 Å². The first kappa shape index (κ1) is 20.0. The maximum absolute atomic E-state index is 12.9. The van der Waals surface area contributed by atoms with E-state index in [2.05, 4.69) is 4.98 Å². The number of pyridine rings is 1. The molecule has 0 bridgehead atoms. The third-order valence-corrected chi connectivity index (χ3v) is 5.12. The van der Waals surface area contributed by atoms with Crippen LogP contribution in [0.25, 0.3) is 0 Å². The molecule has 146 valence electrons. The zero-order valence-electron chi connectivity index (χ0n) is 14.4. The van der Waals surface area contributed by atoms with Crippen molar-refractivity contribution in [1.82, 2.24) is 4.98 Å². The number of hydrogen-bond acceptors (Lipinski definition) is 4. The quantitative estimate of drug-likeness (QED) is 0.764. The number of nitriles is 1. The van der Waals surface area contributed by atoms with Crippen LogP contribution in [-0.4, -0.2) is 29.1 Å². The summed E-state index contributed by atoms with van der Waals surface area (Å²) >= 11 is 5.78. The molecule has 1 saturated heterocycles. The van der Waals surface area contributed by atoms with Crippen LogP contribution in [0.15, 0.2) is 36.5 Å². The molecule has 0 saturated carbocycles. The Morgan fingerprint density at radius 1 is 1.32 bits per heavy atom. The van der Waals surface area contributed by atoms with Gasteiger partial charge in [0.05, 0.1) is 22.7 Å². The molecule has 1 aliphatic rings. The van der Waals surface area contributed by atoms with Crippen molar-refractivity contribution < 1.29 is 23.1 Å². The smallest absolute Gasteiger partial charge is 0.416 e. The summed E-state index contributed by atoms with van der Waals surface area (Å²) in [4.78, 5) is 17.5. The maximum atomic E-state index is 12.9. The third-order valence-electron chi connectivity index (χ3n) is 4.89. The Kier molecular flexibility index (Phi) is 5.47. The molecular formula is C19H15ClF3N3O2. The Balaban J connectivity index is 1.89. The summed E-state index contributed by atoms with van der Waals surface area (Å²) in [6.45, 7) is 0.472. The second-order valence-corrected chi connectivity index (χ2v) is 6.93. The first-order chi connectivity index (χ1) is 13.2. The molecule has 5 nitrogen and oxygen atoms in total. The van der Waals surface area contributed by atoms with Gasteiger partial charge in [0.2, 0.25) is 0 Å². The van der Waals surface area contributed by atoms with Crippen LogP contribution < -0.4 is 4.90 Å². The summed E-state index contributed by atoms with van der Waals surface area (Å²) in [6, 6.07) is 8.02. The van der Waals surface area contributed by atoms with Crippen LogP contribution in [0, 0.1) is 17.2 Å². The number of anilines is 1. The number of benzene rings is 1. The number of carbonyl (C=O) groups is 1. The molecular weight excluding hydrogens is 395 g/mol. The Bertz CT molecular complexity index is 926. The molecule has 3 rings (SSSR count). The van der Waals surface area contributed by atoms with Crippen LogP contribution in [0.4, 0.5) is 18.9 Å². The van der Waals surface area contributed by atoms with E-state index in [-0.39, 0.29) is 18.0 Å². The molecule has 0 aliphatic carbocycles. The Morgan fingerprint density at radius 2 is 2.07 bits per heavy atom. The van der Waals surface area contributed by atoms with Crippen molar-refractivity contribution in [3.8, 4) is 6.07 Å². The second kappa shape index (κ2) is 7.68. The van der Waals surface area contributed by atoms with Crippen LogP contribution in [0.2, 0.25) is 5.15 Å². The van der Waals surface area contributed by atoms with Gasteiger partial charge in [-0.15, -0.1) is 0 Å². The van der Waals surface area contributed by atoms with Crippen LogP contribution in [0.3, 0.4) is 0 Å². The van der Waals surface area contributed by atoms with E-state index >= 15 is 0 Å². The topological polar surface area (TPSA) is 77.2 Å². The highest BCUT2D eigenvalue weighted by atomic mass is 35.5. The fourth-order valence-corrected chi connectivity index (χ4v) is 3.62. The number of aliphatic carboxylic acids is 1. The average Bonchev–Trinajstić information content (AvgIpc) is 2.67. The van der Waals surface area contributed by atoms with Crippen molar-refractivity contribution in [3.05, 3.63) is 58.4 Å². The summed E-state index contributed by atoms with van der Waals surface area (Å²) in [5, 5.41) is 19.3. The van der Waals surface area contributed by atoms with Crippen LogP contribution in [-0.2, 0) is 11.0 Å². The first-order valence-electron chi connectivity index (χ1n) is 8.41. The molecule has 2 heterocycles. The van der Waals surface area contributed by atoms with E-state index in [1.807, 2.05) is 0 Å². The number of aromatic nitrogens is 1. The predicted octanol–water partition coefficient (Wildman–Crippen LogP) is 4.32. The van der Waals surface area contributed by atoms with Gasteiger partial charge in [0.1, 0.15) is 11.2 Å². The monoisotopic (exact) mass is 409 g/mol. The fraction of sp³-hybridized carbons (Fsp3) is 0.316. The molecule has 2 aromatic rings. The molecule has 1 aliphatic heterocycles. The number of carboxylic acids is 1. The number of rotatable bonds is 3. The highest BCUT2D eigenvalue weighted by Gasteiger charge is 2.37. The van der Waals surface area contributed by atoms with Gasteiger partial charge < -0.3 is 10.0 Å². The van der Waals surface area contributed by atoms with E-state index < -0.39 is 23.6 Å². The molecule has 1 aromatic carbocycles. The molecule has 0 amide bonds. The van der Waals surface area contributed by atoms with Gasteiger partial charge in [-0.1, -0.05) is 17.7 Å². The lowest BCUT2D eigenvalue weighted by Crippen LogP contribution is -2.43. The van der Waals surface area contributed by atoms with Crippen molar-refractivity contribution >= 4 is 23.3 Å². The summed E-state index contributed by atoms with van der Waals surface area (Å²) in [5.74, 6) is -2.13. The van der Waals surface area contributed by atoms with Crippen molar-refractivity contribution in [2.75, 3.05) is 18.0 Å². The molecule has 9 heteroatoms. The minimum Gasteiger partial charge on any atom is -0.481 e. The molecule has 0 radical (unpaired) electrons. The van der Waals surface area contributed by atoms with E-state index in [9.17, 15) is 28.3 Å². The average molecular weight is 410 g/mol. The largest absolute Gasteiger partial charge is 0.481 e. The van der Waals surface area contributed by atoms with Gasteiger partial charge in [-0.3, -0.25) is 4.79 Å². The zero-order valence-corrected chi connectivity index (χ0v) is 15.2. The number of hydrogen-bond donors (Lipinski definition) is 1. The molecule has 1 aromatic heterocycles. The standard InChI is InChI=1S/C19H15ClF3N3O2/c20-17-4-1-11(9-25-17)14-5-6-26(10-15(14)18(27)28)16-3-2-13(19(21,22)23)7-12(16)8-24/h1-4,7,9,14-15H,5-6,10H2,(H,27,28). The molecule has 2 unspecified atom stereocenters. The minimum atomic E-state index is -4.55. The van der Waals surface area contributed by atoms with Crippen LogP contribution >= 0.6 is 11.6 Å². The second-order valence-electron chi connectivity index (χ2n) is 6.54. The lowest BCUT2D eigenvalue weighted by Gasteiger charge is -2.38. The van der Waals surface area contributed by atoms with Gasteiger partial charge in [0.25, 0.3) is 0 Å². The van der Waals surface area contributed by atoms with Gasteiger partial charge in [0, 0.05) is 25.2 Å². The van der Waals surface area contributed by atoms with Gasteiger partial charge in [-0.25, -0.2) is 4.98 Å². The SMILES string of the molecule is N#Cc1cc(C(F)(F)F)ccc1N1CCC(c2ccc(Cl)nc2)C(C(=O)O)C1. The van der Waals surface area contributed by atoms with Gasteiger partial charge in [-0.2, -0.15) is 18.4 Å². The highest BCUT2D eigenvalue weighted by Crippen LogP contribution is 2.38. The number of carboxylic acid groups (broad SMARTS) is 1. The summed E-state index contributed by atoms with van der Waals surface area (Å²) in [5.41, 5.74) is -0.00547. The van der Waals surface area contributed by atoms with Gasteiger partial charge in [-0.05, 0) is 36.2 Å². The van der Waals surface area contributed by atoms with Crippen molar-refractivity contribution in [2.45, 2.75) is 18.5 Å². The Labute approximate surface area is 164 Å². The third kappa shape index (κ3) is 4.04. The fourth-order valence-electron chi connectivity index (χ4n) is 3.50. The number of alkyl halides is 3. The Morgan fingerprint density at radius 3 is 2.64 bits per heavy atom. The van der Waals surface area contributed by atoms with E-state index in [1.54, 1.807) is 23.1 Å². The number of piperidine rings is 1. The zero-order chi connectivity index (χ0) is 20.5. The lowest BCUT2D eigenvalue weighted by molar-refractivity contribution is -0.142. The van der Waals surface area contributed by atoms with Gasteiger partial charge >= 0.3 is 12.1 Å². The molecule has 1 N–H and O–H groups in total. The van der Waals surface area contributed by atoms with E-state index in [0.29, 0.717) is 23.8 Å². The first-order valence-corrected chi connectivity index (χ1v) is 8.79. The highest BCUT2D eigenvalue weighted by molar-refractivity contribution is 6.29. The van der Waals surface area contributed by atoms with E-state index in [4.69, 9.17) is 11.6 Å². The lowest BCUT2D eigenvalue weighted by atomic mass is 9.80. The minimum absolute atomic E-state index is 0.0721. The van der Waals surface area contributed by atoms with E-state index in [1.165, 1.54) is 12.3 Å². The van der Waals surface area contributed by atoms with E-state index in [0.717, 1.165) is 17.7 Å². The predicted molar refractivity (Wildman–Crippen MR) is 96.1 cm³/mol. The maximum Gasteiger partial charge on any atom is 0.416 e. The van der Waals surface area contributed by atoms with Crippen LogP contribution in [0.1, 0.15) is 29.0 Å². The normalized spacial score (nSPS) is 19.9. The van der Waals surface area contributed by atoms with Crippen LogP contribution in [0.5, 0.6) is 0 Å². The Hall–Kier alpha value is -2.79. The molecule has 2 atom stereocenters. The summed E-state index contributed by atoms with van der Waals surface area (Å²) in [7, 11) is 0.